The van der Waals surface area contributed by atoms with Crippen LogP contribution in [0.3, 0.4) is 0 Å². The quantitative estimate of drug-likeness (QED) is 0.215. The number of aliphatic hydroxyl groups is 1. The summed E-state index contributed by atoms with van der Waals surface area (Å²) in [5.74, 6) is 0.0440. The Morgan fingerprint density at radius 2 is 1.97 bits per heavy atom. The number of nitro groups is 1. The first-order valence-electron chi connectivity index (χ1n) is 9.27. The standard InChI is InChI=1S/C20H25N3O7/c1-13(10-15-6-8-17(9-7-15)30-29-14(2)24)22-11-16(25)12-28-19-5-3-4-18(20(19)21)23(26)27/h3-9,13,16,22,25H,10-12,21H2,1-2H3. The maximum Gasteiger partial charge on any atom is 0.352 e. The van der Waals surface area contributed by atoms with Gasteiger partial charge < -0.3 is 20.9 Å². The van der Waals surface area contributed by atoms with Gasteiger partial charge in [0.25, 0.3) is 5.69 Å². The van der Waals surface area contributed by atoms with Crippen LogP contribution in [-0.4, -0.2) is 41.3 Å². The van der Waals surface area contributed by atoms with Gasteiger partial charge in [-0.25, -0.2) is 4.79 Å². The van der Waals surface area contributed by atoms with Crippen molar-refractivity contribution in [3.63, 3.8) is 0 Å². The van der Waals surface area contributed by atoms with E-state index in [9.17, 15) is 20.0 Å². The van der Waals surface area contributed by atoms with Crippen LogP contribution >= 0.6 is 0 Å². The first kappa shape index (κ1) is 22.9. The summed E-state index contributed by atoms with van der Waals surface area (Å²) in [6.07, 6.45) is -0.134. The van der Waals surface area contributed by atoms with Crippen LogP contribution in [0.5, 0.6) is 11.5 Å². The van der Waals surface area contributed by atoms with E-state index in [1.807, 2.05) is 19.1 Å². The molecule has 0 fully saturated rings. The Kier molecular flexibility index (Phi) is 8.39. The van der Waals surface area contributed by atoms with E-state index in [2.05, 4.69) is 10.2 Å². The van der Waals surface area contributed by atoms with E-state index in [-0.39, 0.29) is 36.3 Å². The van der Waals surface area contributed by atoms with Gasteiger partial charge in [0.15, 0.2) is 11.4 Å². The third kappa shape index (κ3) is 7.22. The fourth-order valence-corrected chi connectivity index (χ4v) is 2.61. The normalized spacial score (nSPS) is 12.6. The lowest BCUT2D eigenvalue weighted by molar-refractivity contribution is -0.384. The number of anilines is 1. The minimum atomic E-state index is -0.828. The molecule has 0 heterocycles. The van der Waals surface area contributed by atoms with Crippen LogP contribution in [-0.2, 0) is 16.1 Å². The predicted molar refractivity (Wildman–Crippen MR) is 109 cm³/mol. The number of rotatable bonds is 11. The van der Waals surface area contributed by atoms with Crippen molar-refractivity contribution in [3.05, 3.63) is 58.1 Å². The number of carbonyl (C=O) groups is 1. The van der Waals surface area contributed by atoms with E-state index in [0.717, 1.165) is 5.56 Å². The summed E-state index contributed by atoms with van der Waals surface area (Å²) >= 11 is 0. The predicted octanol–water partition coefficient (Wildman–Crippen LogP) is 1.99. The van der Waals surface area contributed by atoms with Gasteiger partial charge >= 0.3 is 5.97 Å². The van der Waals surface area contributed by atoms with Gasteiger partial charge in [-0.05, 0) is 37.1 Å². The molecule has 2 aromatic carbocycles. The van der Waals surface area contributed by atoms with Gasteiger partial charge in [-0.2, -0.15) is 0 Å². The Morgan fingerprint density at radius 1 is 1.27 bits per heavy atom. The Labute approximate surface area is 173 Å². The molecule has 0 saturated carbocycles. The number of nitrogens with two attached hydrogens (primary N) is 1. The zero-order valence-electron chi connectivity index (χ0n) is 16.7. The fraction of sp³-hybridized carbons (Fsp3) is 0.350. The van der Waals surface area contributed by atoms with Gasteiger partial charge in [-0.1, -0.05) is 18.2 Å². The molecule has 0 aliphatic heterocycles. The molecule has 0 radical (unpaired) electrons. The summed E-state index contributed by atoms with van der Waals surface area (Å²) in [6, 6.07) is 11.4. The highest BCUT2D eigenvalue weighted by molar-refractivity contribution is 5.66. The van der Waals surface area contributed by atoms with Crippen molar-refractivity contribution < 1.29 is 29.3 Å². The molecule has 0 aliphatic rings. The average Bonchev–Trinajstić information content (AvgIpc) is 2.70. The third-order valence-electron chi connectivity index (χ3n) is 4.09. The van der Waals surface area contributed by atoms with Crippen molar-refractivity contribution in [2.24, 2.45) is 0 Å². The monoisotopic (exact) mass is 419 g/mol. The second kappa shape index (κ2) is 11.0. The molecule has 0 aromatic heterocycles. The fourth-order valence-electron chi connectivity index (χ4n) is 2.61. The minimum Gasteiger partial charge on any atom is -0.488 e. The number of nitrogens with zero attached hydrogens (tertiary/aromatic N) is 1. The van der Waals surface area contributed by atoms with Crippen molar-refractivity contribution >= 4 is 17.3 Å². The number of ether oxygens (including phenoxy) is 1. The number of hydrogen-bond acceptors (Lipinski definition) is 9. The number of carbonyl (C=O) groups excluding carboxylic acids is 1. The molecule has 2 unspecified atom stereocenters. The van der Waals surface area contributed by atoms with Crippen LogP contribution in [0.1, 0.15) is 19.4 Å². The van der Waals surface area contributed by atoms with Crippen molar-refractivity contribution in [2.75, 3.05) is 18.9 Å². The second-order valence-electron chi connectivity index (χ2n) is 6.73. The molecular formula is C20H25N3O7. The third-order valence-corrected chi connectivity index (χ3v) is 4.09. The molecule has 0 saturated heterocycles. The largest absolute Gasteiger partial charge is 0.488 e. The van der Waals surface area contributed by atoms with Crippen LogP contribution in [0.4, 0.5) is 11.4 Å². The molecule has 0 bridgehead atoms. The number of para-hydroxylation sites is 1. The van der Waals surface area contributed by atoms with Crippen LogP contribution < -0.4 is 20.7 Å². The molecular weight excluding hydrogens is 394 g/mol. The highest BCUT2D eigenvalue weighted by atomic mass is 17.2. The van der Waals surface area contributed by atoms with Gasteiger partial charge in [0.05, 0.1) is 4.92 Å². The Bertz CT molecular complexity index is 858. The Morgan fingerprint density at radius 3 is 2.60 bits per heavy atom. The lowest BCUT2D eigenvalue weighted by atomic mass is 10.1. The van der Waals surface area contributed by atoms with Gasteiger partial charge in [0, 0.05) is 25.6 Å². The van der Waals surface area contributed by atoms with Crippen LogP contribution in [0.2, 0.25) is 0 Å². The maximum atomic E-state index is 10.9. The molecule has 10 heteroatoms. The van der Waals surface area contributed by atoms with Crippen molar-refractivity contribution in [2.45, 2.75) is 32.4 Å². The summed E-state index contributed by atoms with van der Waals surface area (Å²) in [4.78, 5) is 30.3. The summed E-state index contributed by atoms with van der Waals surface area (Å²) in [5, 5.41) is 24.2. The Hall–Kier alpha value is -3.37. The van der Waals surface area contributed by atoms with Crippen LogP contribution in [0.15, 0.2) is 42.5 Å². The van der Waals surface area contributed by atoms with E-state index >= 15 is 0 Å². The lowest BCUT2D eigenvalue weighted by Gasteiger charge is -2.18. The number of aliphatic hydroxyl groups excluding tert-OH is 1. The summed E-state index contributed by atoms with van der Waals surface area (Å²) < 4.78 is 5.42. The minimum absolute atomic E-state index is 0.0581. The van der Waals surface area contributed by atoms with Gasteiger partial charge in [-0.3, -0.25) is 19.9 Å². The molecule has 30 heavy (non-hydrogen) atoms. The first-order chi connectivity index (χ1) is 14.3. The maximum absolute atomic E-state index is 10.9. The van der Waals surface area contributed by atoms with Crippen molar-refractivity contribution in [1.29, 1.82) is 0 Å². The molecule has 0 spiro atoms. The van der Waals surface area contributed by atoms with Crippen LogP contribution in [0, 0.1) is 10.1 Å². The first-order valence-corrected chi connectivity index (χ1v) is 9.27. The molecule has 4 N–H and O–H groups in total. The van der Waals surface area contributed by atoms with E-state index in [1.165, 1.54) is 25.1 Å². The Balaban J connectivity index is 1.75. The van der Waals surface area contributed by atoms with Crippen molar-refractivity contribution in [1.82, 2.24) is 5.32 Å². The summed E-state index contributed by atoms with van der Waals surface area (Å²) in [6.45, 7) is 3.42. The van der Waals surface area contributed by atoms with Gasteiger partial charge in [0.1, 0.15) is 18.5 Å². The molecule has 0 amide bonds. The lowest BCUT2D eigenvalue weighted by Crippen LogP contribution is -2.37. The number of benzene rings is 2. The molecule has 2 atom stereocenters. The summed E-state index contributed by atoms with van der Waals surface area (Å²) in [7, 11) is 0. The van der Waals surface area contributed by atoms with E-state index in [4.69, 9.17) is 15.4 Å². The molecule has 2 rings (SSSR count). The highest BCUT2D eigenvalue weighted by Crippen LogP contribution is 2.30. The average molecular weight is 419 g/mol. The van der Waals surface area contributed by atoms with Gasteiger partial charge in [-0.15, -0.1) is 0 Å². The van der Waals surface area contributed by atoms with Crippen molar-refractivity contribution in [3.8, 4) is 11.5 Å². The molecule has 0 aliphatic carbocycles. The number of nitrogen functional groups attached to an aromatic ring is 1. The zero-order valence-corrected chi connectivity index (χ0v) is 16.7. The van der Waals surface area contributed by atoms with E-state index in [0.29, 0.717) is 12.2 Å². The molecule has 162 valence electrons. The zero-order chi connectivity index (χ0) is 22.1. The topological polar surface area (TPSA) is 146 Å². The molecule has 10 nitrogen and oxygen atoms in total. The van der Waals surface area contributed by atoms with Crippen LogP contribution in [0.25, 0.3) is 0 Å². The highest BCUT2D eigenvalue weighted by Gasteiger charge is 2.16. The van der Waals surface area contributed by atoms with E-state index < -0.39 is 17.0 Å². The SMILES string of the molecule is CC(=O)OOc1ccc(CC(C)NCC(O)COc2cccc([N+](=O)[O-])c2N)cc1. The number of hydrogen-bond donors (Lipinski definition) is 3. The summed E-state index contributed by atoms with van der Waals surface area (Å²) in [5.41, 5.74) is 6.44. The molecule has 2 aromatic rings. The van der Waals surface area contributed by atoms with Gasteiger partial charge in [0.2, 0.25) is 0 Å². The number of nitrogens with one attached hydrogen (secondary N) is 1. The number of nitro benzene ring substituents is 1. The second-order valence-corrected chi connectivity index (χ2v) is 6.73. The smallest absolute Gasteiger partial charge is 0.352 e. The van der Waals surface area contributed by atoms with E-state index in [1.54, 1.807) is 12.1 Å².